The SMILES string of the molecule is [O-][S+]1C[CH]C1c1ccc(F)c(Cl)c1. The molecule has 1 aliphatic rings. The number of hydrogen-bond acceptors (Lipinski definition) is 1. The fourth-order valence-electron chi connectivity index (χ4n) is 1.25. The first-order chi connectivity index (χ1) is 6.18. The van der Waals surface area contributed by atoms with Crippen molar-refractivity contribution in [3.63, 3.8) is 0 Å². The molecule has 1 aromatic rings. The Hall–Kier alpha value is -0.250. The van der Waals surface area contributed by atoms with Gasteiger partial charge in [-0.1, -0.05) is 17.7 Å². The van der Waals surface area contributed by atoms with Crippen LogP contribution in [0.2, 0.25) is 5.02 Å². The van der Waals surface area contributed by atoms with E-state index in [4.69, 9.17) is 11.6 Å². The van der Waals surface area contributed by atoms with Gasteiger partial charge in [-0.3, -0.25) is 0 Å². The first-order valence-corrected chi connectivity index (χ1v) is 5.60. The van der Waals surface area contributed by atoms with Gasteiger partial charge in [-0.2, -0.15) is 0 Å². The van der Waals surface area contributed by atoms with Crippen LogP contribution in [0.15, 0.2) is 18.2 Å². The third kappa shape index (κ3) is 1.68. The molecule has 2 unspecified atom stereocenters. The lowest BCUT2D eigenvalue weighted by atomic mass is 10.1. The average Bonchev–Trinajstić information content (AvgIpc) is 2.09. The number of hydrogen-bond donors (Lipinski definition) is 0. The summed E-state index contributed by atoms with van der Waals surface area (Å²) in [7, 11) is 0. The van der Waals surface area contributed by atoms with Crippen molar-refractivity contribution in [1.82, 2.24) is 0 Å². The van der Waals surface area contributed by atoms with Crippen molar-refractivity contribution in [2.45, 2.75) is 5.25 Å². The van der Waals surface area contributed by atoms with Crippen LogP contribution in [0.5, 0.6) is 0 Å². The molecular formula is C9H7ClFOS. The van der Waals surface area contributed by atoms with Crippen molar-refractivity contribution >= 4 is 22.8 Å². The van der Waals surface area contributed by atoms with Crippen molar-refractivity contribution in [1.29, 1.82) is 0 Å². The summed E-state index contributed by atoms with van der Waals surface area (Å²) in [6.07, 6.45) is 1.94. The van der Waals surface area contributed by atoms with Crippen LogP contribution < -0.4 is 0 Å². The van der Waals surface area contributed by atoms with Crippen LogP contribution in [0.1, 0.15) is 10.8 Å². The van der Waals surface area contributed by atoms with E-state index < -0.39 is 17.0 Å². The summed E-state index contributed by atoms with van der Waals surface area (Å²) in [5.41, 5.74) is 0.830. The van der Waals surface area contributed by atoms with Gasteiger partial charge >= 0.3 is 0 Å². The summed E-state index contributed by atoms with van der Waals surface area (Å²) in [4.78, 5) is 0. The van der Waals surface area contributed by atoms with Crippen LogP contribution in [0.4, 0.5) is 4.39 Å². The van der Waals surface area contributed by atoms with E-state index in [1.807, 2.05) is 6.42 Å². The molecule has 1 aromatic carbocycles. The highest BCUT2D eigenvalue weighted by atomic mass is 35.5. The normalized spacial score (nSPS) is 27.0. The summed E-state index contributed by atoms with van der Waals surface area (Å²) >= 11 is 4.77. The molecule has 1 fully saturated rings. The Balaban J connectivity index is 2.26. The Morgan fingerprint density at radius 3 is 2.77 bits per heavy atom. The van der Waals surface area contributed by atoms with Crippen LogP contribution >= 0.6 is 11.6 Å². The lowest BCUT2D eigenvalue weighted by molar-refractivity contribution is 0.575. The van der Waals surface area contributed by atoms with Crippen LogP contribution in [-0.2, 0) is 11.2 Å². The molecule has 0 spiro atoms. The van der Waals surface area contributed by atoms with E-state index in [1.165, 1.54) is 12.1 Å². The molecule has 0 saturated carbocycles. The minimum Gasteiger partial charge on any atom is -0.616 e. The summed E-state index contributed by atoms with van der Waals surface area (Å²) in [5.74, 6) is 0.190. The highest BCUT2D eigenvalue weighted by Gasteiger charge is 2.35. The highest BCUT2D eigenvalue weighted by Crippen LogP contribution is 2.36. The molecule has 13 heavy (non-hydrogen) atoms. The molecular weight excluding hydrogens is 211 g/mol. The second-order valence-electron chi connectivity index (χ2n) is 2.88. The van der Waals surface area contributed by atoms with E-state index in [0.717, 1.165) is 5.56 Å². The molecule has 1 saturated heterocycles. The minimum atomic E-state index is -0.832. The van der Waals surface area contributed by atoms with E-state index in [2.05, 4.69) is 0 Å². The maximum Gasteiger partial charge on any atom is 0.148 e. The molecule has 1 nitrogen and oxygen atoms in total. The fourth-order valence-corrected chi connectivity index (χ4v) is 2.43. The van der Waals surface area contributed by atoms with E-state index in [9.17, 15) is 8.94 Å². The van der Waals surface area contributed by atoms with Gasteiger partial charge in [0.15, 0.2) is 0 Å². The van der Waals surface area contributed by atoms with Gasteiger partial charge in [-0.15, -0.1) is 0 Å². The van der Waals surface area contributed by atoms with Crippen molar-refractivity contribution < 1.29 is 8.94 Å². The molecule has 0 bridgehead atoms. The standard InChI is InChI=1S/C9H7ClFOS/c10-7-5-6(1-2-8(7)11)9-3-4-13(9)12/h1-3,5,9H,4H2. The maximum atomic E-state index is 12.8. The third-order valence-electron chi connectivity index (χ3n) is 2.03. The molecule has 1 radical (unpaired) electrons. The largest absolute Gasteiger partial charge is 0.616 e. The Bertz CT molecular complexity index is 331. The monoisotopic (exact) mass is 217 g/mol. The number of rotatable bonds is 1. The molecule has 0 N–H and O–H groups in total. The maximum absolute atomic E-state index is 12.8. The van der Waals surface area contributed by atoms with Gasteiger partial charge in [-0.05, 0) is 23.3 Å². The van der Waals surface area contributed by atoms with Crippen molar-refractivity contribution in [3.05, 3.63) is 41.0 Å². The van der Waals surface area contributed by atoms with Crippen molar-refractivity contribution in [2.75, 3.05) is 5.75 Å². The van der Waals surface area contributed by atoms with E-state index in [0.29, 0.717) is 5.75 Å². The zero-order chi connectivity index (χ0) is 9.42. The molecule has 0 aliphatic carbocycles. The lowest BCUT2D eigenvalue weighted by Crippen LogP contribution is -2.29. The fraction of sp³-hybridized carbons (Fsp3) is 0.222. The molecule has 2 rings (SSSR count). The third-order valence-corrected chi connectivity index (χ3v) is 3.87. The summed E-state index contributed by atoms with van der Waals surface area (Å²) in [5, 5.41) is 0.0351. The number of benzene rings is 1. The molecule has 0 aromatic heterocycles. The summed E-state index contributed by atoms with van der Waals surface area (Å²) < 4.78 is 23.9. The highest BCUT2D eigenvalue weighted by molar-refractivity contribution is 7.93. The van der Waals surface area contributed by atoms with Crippen LogP contribution in [0.25, 0.3) is 0 Å². The van der Waals surface area contributed by atoms with Crippen LogP contribution in [0.3, 0.4) is 0 Å². The molecule has 69 valence electrons. The van der Waals surface area contributed by atoms with E-state index >= 15 is 0 Å². The second-order valence-corrected chi connectivity index (χ2v) is 4.89. The molecule has 0 amide bonds. The zero-order valence-corrected chi connectivity index (χ0v) is 8.24. The van der Waals surface area contributed by atoms with Gasteiger partial charge in [0.05, 0.1) is 11.4 Å². The molecule has 1 heterocycles. The average molecular weight is 218 g/mol. The Kier molecular flexibility index (Phi) is 2.49. The van der Waals surface area contributed by atoms with Gasteiger partial charge in [0.25, 0.3) is 0 Å². The van der Waals surface area contributed by atoms with Crippen LogP contribution in [-0.4, -0.2) is 10.3 Å². The Morgan fingerprint density at radius 2 is 2.31 bits per heavy atom. The Morgan fingerprint density at radius 1 is 1.54 bits per heavy atom. The Labute approximate surface area is 84.1 Å². The van der Waals surface area contributed by atoms with Gasteiger partial charge in [0.2, 0.25) is 0 Å². The number of halogens is 2. The predicted octanol–water partition coefficient (Wildman–Crippen LogP) is 2.49. The first kappa shape index (κ1) is 9.31. The second kappa shape index (κ2) is 3.48. The lowest BCUT2D eigenvalue weighted by Gasteiger charge is -2.29. The minimum absolute atomic E-state index is 0.0573. The smallest absolute Gasteiger partial charge is 0.148 e. The summed E-state index contributed by atoms with van der Waals surface area (Å²) in [6, 6.07) is 4.47. The first-order valence-electron chi connectivity index (χ1n) is 3.84. The van der Waals surface area contributed by atoms with Gasteiger partial charge < -0.3 is 4.55 Å². The quantitative estimate of drug-likeness (QED) is 0.663. The summed E-state index contributed by atoms with van der Waals surface area (Å²) in [6.45, 7) is 0. The van der Waals surface area contributed by atoms with E-state index in [-0.39, 0.29) is 10.3 Å². The van der Waals surface area contributed by atoms with Gasteiger partial charge in [0.1, 0.15) is 16.8 Å². The molecule has 1 aliphatic heterocycles. The van der Waals surface area contributed by atoms with Crippen molar-refractivity contribution in [2.24, 2.45) is 0 Å². The van der Waals surface area contributed by atoms with Gasteiger partial charge in [0, 0.05) is 5.56 Å². The zero-order valence-electron chi connectivity index (χ0n) is 6.67. The van der Waals surface area contributed by atoms with Gasteiger partial charge in [-0.25, -0.2) is 4.39 Å². The van der Waals surface area contributed by atoms with Crippen molar-refractivity contribution in [3.8, 4) is 0 Å². The molecule has 4 heteroatoms. The topological polar surface area (TPSA) is 23.1 Å². The predicted molar refractivity (Wildman–Crippen MR) is 51.5 cm³/mol. The molecule has 2 atom stereocenters. The van der Waals surface area contributed by atoms with Crippen LogP contribution in [0, 0.1) is 12.2 Å². The van der Waals surface area contributed by atoms with E-state index in [1.54, 1.807) is 6.07 Å².